The third kappa shape index (κ3) is 5.69. The second-order valence-corrected chi connectivity index (χ2v) is 12.7. The summed E-state index contributed by atoms with van der Waals surface area (Å²) in [6.07, 6.45) is 0. The lowest BCUT2D eigenvalue weighted by Crippen LogP contribution is -2.69. The number of rotatable bonds is 9. The van der Waals surface area contributed by atoms with Crippen molar-refractivity contribution in [3.05, 3.63) is 34.9 Å². The second kappa shape index (κ2) is 9.89. The number of carbonyl (C=O) groups is 2. The lowest BCUT2D eigenvalue weighted by atomic mass is 9.63. The van der Waals surface area contributed by atoms with Crippen LogP contribution in [0.3, 0.4) is 0 Å². The fourth-order valence-corrected chi connectivity index (χ4v) is 5.13. The summed E-state index contributed by atoms with van der Waals surface area (Å²) < 4.78 is 6.04. The van der Waals surface area contributed by atoms with Gasteiger partial charge in [0.1, 0.15) is 6.54 Å². The van der Waals surface area contributed by atoms with E-state index in [1.807, 2.05) is 19.1 Å². The number of hydrogen-bond donors (Lipinski definition) is 1. The number of carboxylic acid groups (broad SMARTS) is 1. The van der Waals surface area contributed by atoms with Crippen molar-refractivity contribution in [1.29, 1.82) is 0 Å². The number of carbonyl (C=O) groups excluding carboxylic acids is 1. The molecule has 0 aromatic heterocycles. The monoisotopic (exact) mass is 469 g/mol. The normalized spacial score (nSPS) is 21.3. The van der Waals surface area contributed by atoms with Gasteiger partial charge in [0.05, 0.1) is 12.0 Å². The van der Waals surface area contributed by atoms with Gasteiger partial charge in [-0.1, -0.05) is 63.6 Å². The number of halogens is 1. The van der Waals surface area contributed by atoms with E-state index < -0.39 is 15.0 Å². The molecule has 2 rings (SSSR count). The molecule has 1 amide bonds. The first-order valence-electron chi connectivity index (χ1n) is 10.3. The van der Waals surface area contributed by atoms with Crippen LogP contribution in [0.1, 0.15) is 33.3 Å². The predicted octanol–water partition coefficient (Wildman–Crippen LogP) is 4.27. The summed E-state index contributed by atoms with van der Waals surface area (Å²) in [5.74, 6) is -1.66. The Hall–Kier alpha value is -1.28. The van der Waals surface area contributed by atoms with Gasteiger partial charge in [-0.05, 0) is 42.1 Å². The Morgan fingerprint density at radius 2 is 1.87 bits per heavy atom. The van der Waals surface area contributed by atoms with Crippen LogP contribution in [0.25, 0.3) is 0 Å². The van der Waals surface area contributed by atoms with Gasteiger partial charge in [0.25, 0.3) is 0 Å². The Balaban J connectivity index is 2.37. The van der Waals surface area contributed by atoms with Crippen molar-refractivity contribution < 1.29 is 19.1 Å². The summed E-state index contributed by atoms with van der Waals surface area (Å²) in [7, 11) is -1.26. The molecule has 30 heavy (non-hydrogen) atoms. The maximum Gasteiger partial charge on any atom is 0.323 e. The molecule has 8 heteroatoms. The first-order valence-corrected chi connectivity index (χ1v) is 13.8. The highest BCUT2D eigenvalue weighted by Crippen LogP contribution is 2.45. The number of carboxylic acids is 1. The topological polar surface area (TPSA) is 66.8 Å². The molecule has 1 aromatic carbocycles. The molecular weight excluding hydrogens is 438 g/mol. The zero-order valence-electron chi connectivity index (χ0n) is 18.5. The third-order valence-corrected chi connectivity index (χ3v) is 7.53. The predicted molar refractivity (Wildman–Crippen MR) is 127 cm³/mol. The van der Waals surface area contributed by atoms with Crippen molar-refractivity contribution in [3.63, 3.8) is 0 Å². The van der Waals surface area contributed by atoms with Gasteiger partial charge in [-0.3, -0.25) is 9.59 Å². The van der Waals surface area contributed by atoms with Crippen molar-refractivity contribution in [3.8, 4) is 0 Å². The maximum atomic E-state index is 13.1. The van der Waals surface area contributed by atoms with Gasteiger partial charge in [-0.25, -0.2) is 0 Å². The van der Waals surface area contributed by atoms with E-state index in [9.17, 15) is 14.7 Å². The van der Waals surface area contributed by atoms with E-state index in [0.29, 0.717) is 16.5 Å². The van der Waals surface area contributed by atoms with E-state index in [0.717, 1.165) is 5.56 Å². The van der Waals surface area contributed by atoms with Crippen LogP contribution < -0.4 is 0 Å². The van der Waals surface area contributed by atoms with Crippen LogP contribution in [-0.2, 0) is 14.0 Å². The summed E-state index contributed by atoms with van der Waals surface area (Å²) >= 11 is 11.8. The summed E-state index contributed by atoms with van der Waals surface area (Å²) in [6, 6.07) is 7.03. The molecule has 0 saturated carbocycles. The third-order valence-electron chi connectivity index (χ3n) is 5.81. The quantitative estimate of drug-likeness (QED) is 0.253. The number of benzene rings is 1. The van der Waals surface area contributed by atoms with E-state index in [2.05, 4.69) is 33.9 Å². The fourth-order valence-electron chi connectivity index (χ4n) is 4.14. The molecule has 1 aliphatic heterocycles. The molecule has 166 valence electrons. The minimum atomic E-state index is -1.26. The number of aliphatic carboxylic acids is 1. The number of thiocarbonyl (C=S) groups is 1. The van der Waals surface area contributed by atoms with E-state index in [4.69, 9.17) is 28.2 Å². The fraction of sp³-hybridized carbons (Fsp3) is 0.591. The Bertz CT molecular complexity index is 793. The van der Waals surface area contributed by atoms with Crippen molar-refractivity contribution in [2.24, 2.45) is 23.2 Å². The molecule has 1 aromatic rings. The average molecular weight is 470 g/mol. The molecule has 5 nitrogen and oxygen atoms in total. The molecule has 1 heterocycles. The van der Waals surface area contributed by atoms with E-state index in [1.54, 1.807) is 12.1 Å². The SMILES string of the molecule is C[C@@H](C(=S)c1ccc(Cl)cc1)[C@@H]1[C@H]([C@@H](CO[SiH](C)C)C(C)(C)C)C(=O)N1CC(=O)O. The van der Waals surface area contributed by atoms with E-state index in [1.165, 1.54) is 4.90 Å². The van der Waals surface area contributed by atoms with Crippen LogP contribution in [0.2, 0.25) is 18.1 Å². The molecule has 0 bridgehead atoms. The van der Waals surface area contributed by atoms with E-state index in [-0.39, 0.29) is 41.7 Å². The van der Waals surface area contributed by atoms with Gasteiger partial charge in [0.2, 0.25) is 5.91 Å². The van der Waals surface area contributed by atoms with Crippen molar-refractivity contribution in [2.75, 3.05) is 13.2 Å². The van der Waals surface area contributed by atoms with Gasteiger partial charge in [-0.2, -0.15) is 0 Å². The maximum absolute atomic E-state index is 13.1. The van der Waals surface area contributed by atoms with Crippen LogP contribution in [0.15, 0.2) is 24.3 Å². The lowest BCUT2D eigenvalue weighted by Gasteiger charge is -2.54. The number of likely N-dealkylation sites (tertiary alicyclic amines) is 1. The Morgan fingerprint density at radius 1 is 1.30 bits per heavy atom. The Labute approximate surface area is 191 Å². The summed E-state index contributed by atoms with van der Waals surface area (Å²) in [5, 5.41) is 9.98. The minimum absolute atomic E-state index is 0.0228. The summed E-state index contributed by atoms with van der Waals surface area (Å²) in [6.45, 7) is 12.7. The first kappa shape index (κ1) is 25.0. The lowest BCUT2D eigenvalue weighted by molar-refractivity contribution is -0.173. The Morgan fingerprint density at radius 3 is 2.33 bits per heavy atom. The van der Waals surface area contributed by atoms with Crippen LogP contribution in [0, 0.1) is 23.2 Å². The zero-order valence-corrected chi connectivity index (χ0v) is 21.2. The average Bonchev–Trinajstić information content (AvgIpc) is 2.64. The molecule has 0 spiro atoms. The van der Waals surface area contributed by atoms with Gasteiger partial charge in [0.15, 0.2) is 9.04 Å². The summed E-state index contributed by atoms with van der Waals surface area (Å²) in [5.41, 5.74) is 0.701. The number of β-lactam (4-membered cyclic amide) rings is 1. The van der Waals surface area contributed by atoms with Crippen LogP contribution >= 0.6 is 23.8 Å². The van der Waals surface area contributed by atoms with Gasteiger partial charge < -0.3 is 14.4 Å². The molecule has 0 aliphatic carbocycles. The second-order valence-electron chi connectivity index (χ2n) is 9.39. The first-order chi connectivity index (χ1) is 13.8. The van der Waals surface area contributed by atoms with Crippen molar-refractivity contribution in [2.45, 2.75) is 46.8 Å². The number of hydrogen-bond acceptors (Lipinski definition) is 4. The van der Waals surface area contributed by atoms with Crippen molar-refractivity contribution in [1.82, 2.24) is 4.90 Å². The van der Waals surface area contributed by atoms with Gasteiger partial charge in [0, 0.05) is 22.4 Å². The minimum Gasteiger partial charge on any atom is -0.480 e. The van der Waals surface area contributed by atoms with Gasteiger partial charge in [-0.15, -0.1) is 0 Å². The Kier molecular flexibility index (Phi) is 8.24. The standard InChI is InChI=1S/C22H32ClNO4SSi/c1-13(20(29)14-7-9-15(23)10-8-14)19-18(21(27)24(19)11-17(25)26)16(22(2,3)4)12-28-30(5)6/h7-10,13,16,18-19,30H,11-12H2,1-6H3,(H,25,26)/t13-,16-,18+,19-/m1/s1. The number of nitrogens with zero attached hydrogens (tertiary/aromatic N) is 1. The molecule has 4 atom stereocenters. The van der Waals surface area contributed by atoms with Crippen LogP contribution in [0.4, 0.5) is 0 Å². The van der Waals surface area contributed by atoms with E-state index >= 15 is 0 Å². The highest BCUT2D eigenvalue weighted by Gasteiger charge is 2.56. The molecule has 0 radical (unpaired) electrons. The van der Waals surface area contributed by atoms with Crippen molar-refractivity contribution >= 4 is 49.6 Å². The highest BCUT2D eigenvalue weighted by atomic mass is 35.5. The molecule has 1 aliphatic rings. The largest absolute Gasteiger partial charge is 0.480 e. The molecule has 1 fully saturated rings. The highest BCUT2D eigenvalue weighted by molar-refractivity contribution is 7.80. The van der Waals surface area contributed by atoms with Crippen LogP contribution in [0.5, 0.6) is 0 Å². The molecule has 0 unspecified atom stereocenters. The van der Waals surface area contributed by atoms with Gasteiger partial charge >= 0.3 is 5.97 Å². The molecule has 1 N–H and O–H groups in total. The molecular formula is C22H32ClNO4SSi. The van der Waals surface area contributed by atoms with Crippen LogP contribution in [-0.4, -0.2) is 55.0 Å². The summed E-state index contributed by atoms with van der Waals surface area (Å²) in [4.78, 5) is 26.7. The smallest absolute Gasteiger partial charge is 0.323 e. The molecule has 1 saturated heterocycles. The number of amides is 1. The zero-order chi connectivity index (χ0) is 22.8.